The number of carbonyl (C=O) groups excluding carboxylic acids is 2. The fourth-order valence-electron chi connectivity index (χ4n) is 2.94. The molecule has 32 heavy (non-hydrogen) atoms. The lowest BCUT2D eigenvalue weighted by molar-refractivity contribution is -0.118. The van der Waals surface area contributed by atoms with Gasteiger partial charge >= 0.3 is 0 Å². The number of hydrogen-bond acceptors (Lipinski definition) is 4. The molecule has 6 nitrogen and oxygen atoms in total. The van der Waals surface area contributed by atoms with Gasteiger partial charge in [0.15, 0.2) is 0 Å². The molecule has 0 bridgehead atoms. The van der Waals surface area contributed by atoms with Crippen LogP contribution in [0, 0.1) is 20.8 Å². The van der Waals surface area contributed by atoms with Crippen LogP contribution in [-0.2, 0) is 4.79 Å². The van der Waals surface area contributed by atoms with Crippen molar-refractivity contribution in [3.8, 4) is 5.75 Å². The third kappa shape index (κ3) is 6.35. The summed E-state index contributed by atoms with van der Waals surface area (Å²) < 4.78 is 11.1. The Bertz CT molecular complexity index is 1100. The molecule has 0 aliphatic carbocycles. The minimum atomic E-state index is -0.432. The SMILES string of the molecule is Cc1ccc(C(=O)N/C(=C\c2ccco2)C(=O)NC(C)COc2ccc(C)c(C)c2)cc1. The average molecular weight is 433 g/mol. The Morgan fingerprint density at radius 1 is 1.03 bits per heavy atom. The van der Waals surface area contributed by atoms with E-state index >= 15 is 0 Å². The first-order valence-corrected chi connectivity index (χ1v) is 10.5. The van der Waals surface area contributed by atoms with Crippen molar-refractivity contribution in [2.24, 2.45) is 0 Å². The number of benzene rings is 2. The first kappa shape index (κ1) is 22.9. The fourth-order valence-corrected chi connectivity index (χ4v) is 2.94. The summed E-state index contributed by atoms with van der Waals surface area (Å²) in [5, 5.41) is 5.56. The first-order chi connectivity index (χ1) is 15.3. The standard InChI is InChI=1S/C26H28N2O4/c1-17-7-10-21(11-8-17)25(29)28-24(15-22-6-5-13-31-22)26(30)27-20(4)16-32-23-12-9-18(2)19(3)14-23/h5-15,20H,16H2,1-4H3,(H,27,30)(H,28,29)/b24-15-. The van der Waals surface area contributed by atoms with E-state index in [1.807, 2.05) is 58.0 Å². The Labute approximate surface area is 188 Å². The zero-order chi connectivity index (χ0) is 23.1. The highest BCUT2D eigenvalue weighted by Crippen LogP contribution is 2.16. The van der Waals surface area contributed by atoms with Crippen molar-refractivity contribution >= 4 is 17.9 Å². The van der Waals surface area contributed by atoms with Crippen LogP contribution in [0.25, 0.3) is 6.08 Å². The van der Waals surface area contributed by atoms with Gasteiger partial charge in [-0.1, -0.05) is 23.8 Å². The molecule has 1 unspecified atom stereocenters. The van der Waals surface area contributed by atoms with Gasteiger partial charge in [-0.3, -0.25) is 9.59 Å². The number of rotatable bonds is 8. The van der Waals surface area contributed by atoms with Crippen LogP contribution in [0.5, 0.6) is 5.75 Å². The van der Waals surface area contributed by atoms with Gasteiger partial charge in [-0.15, -0.1) is 0 Å². The fraction of sp³-hybridized carbons (Fsp3) is 0.231. The monoisotopic (exact) mass is 432 g/mol. The summed E-state index contributed by atoms with van der Waals surface area (Å²) in [5.41, 5.74) is 3.92. The van der Waals surface area contributed by atoms with Crippen LogP contribution >= 0.6 is 0 Å². The molecule has 3 aromatic rings. The lowest BCUT2D eigenvalue weighted by Gasteiger charge is -2.17. The molecule has 2 N–H and O–H groups in total. The molecule has 1 heterocycles. The third-order valence-electron chi connectivity index (χ3n) is 4.99. The van der Waals surface area contributed by atoms with Gasteiger partial charge in [-0.05, 0) is 75.2 Å². The highest BCUT2D eigenvalue weighted by atomic mass is 16.5. The number of hydrogen-bond donors (Lipinski definition) is 2. The molecular weight excluding hydrogens is 404 g/mol. The van der Waals surface area contributed by atoms with E-state index in [0.717, 1.165) is 16.9 Å². The zero-order valence-corrected chi connectivity index (χ0v) is 18.8. The Morgan fingerprint density at radius 2 is 1.78 bits per heavy atom. The predicted molar refractivity (Wildman–Crippen MR) is 124 cm³/mol. The van der Waals surface area contributed by atoms with E-state index in [1.54, 1.807) is 24.3 Å². The molecule has 2 amide bonds. The van der Waals surface area contributed by atoms with Gasteiger partial charge in [0.25, 0.3) is 11.8 Å². The maximum atomic E-state index is 12.9. The van der Waals surface area contributed by atoms with Crippen molar-refractivity contribution in [2.75, 3.05) is 6.61 Å². The summed E-state index contributed by atoms with van der Waals surface area (Å²) in [7, 11) is 0. The lowest BCUT2D eigenvalue weighted by Crippen LogP contribution is -2.41. The predicted octanol–water partition coefficient (Wildman–Crippen LogP) is 4.56. The highest BCUT2D eigenvalue weighted by Gasteiger charge is 2.17. The van der Waals surface area contributed by atoms with E-state index in [1.165, 1.54) is 17.9 Å². The van der Waals surface area contributed by atoms with Crippen LogP contribution in [0.15, 0.2) is 71.0 Å². The molecule has 0 spiro atoms. The minimum absolute atomic E-state index is 0.0866. The summed E-state index contributed by atoms with van der Waals surface area (Å²) in [5.74, 6) is 0.390. The van der Waals surface area contributed by atoms with Gasteiger partial charge in [0, 0.05) is 11.6 Å². The molecule has 3 rings (SSSR count). The minimum Gasteiger partial charge on any atom is -0.491 e. The van der Waals surface area contributed by atoms with Gasteiger partial charge in [0.05, 0.1) is 12.3 Å². The van der Waals surface area contributed by atoms with Crippen molar-refractivity contribution < 1.29 is 18.7 Å². The number of carbonyl (C=O) groups is 2. The Morgan fingerprint density at radius 3 is 2.44 bits per heavy atom. The van der Waals surface area contributed by atoms with Crippen molar-refractivity contribution in [1.82, 2.24) is 10.6 Å². The molecule has 166 valence electrons. The largest absolute Gasteiger partial charge is 0.491 e. The van der Waals surface area contributed by atoms with E-state index in [-0.39, 0.29) is 24.3 Å². The first-order valence-electron chi connectivity index (χ1n) is 10.5. The van der Waals surface area contributed by atoms with Crippen molar-refractivity contribution in [1.29, 1.82) is 0 Å². The van der Waals surface area contributed by atoms with Gasteiger partial charge < -0.3 is 19.8 Å². The van der Waals surface area contributed by atoms with Crippen LogP contribution in [0.1, 0.15) is 39.7 Å². The number of aryl methyl sites for hydroxylation is 3. The molecule has 0 fully saturated rings. The van der Waals surface area contributed by atoms with Crippen molar-refractivity contribution in [2.45, 2.75) is 33.7 Å². The van der Waals surface area contributed by atoms with Crippen LogP contribution in [0.4, 0.5) is 0 Å². The number of nitrogens with one attached hydrogen (secondary N) is 2. The smallest absolute Gasteiger partial charge is 0.268 e. The summed E-state index contributed by atoms with van der Waals surface area (Å²) in [6.45, 7) is 8.13. The van der Waals surface area contributed by atoms with Gasteiger partial charge in [0.2, 0.25) is 0 Å². The molecule has 1 atom stereocenters. The van der Waals surface area contributed by atoms with Crippen LogP contribution < -0.4 is 15.4 Å². The molecule has 0 radical (unpaired) electrons. The van der Waals surface area contributed by atoms with Crippen LogP contribution in [0.2, 0.25) is 0 Å². The zero-order valence-electron chi connectivity index (χ0n) is 18.8. The number of amides is 2. The second-order valence-corrected chi connectivity index (χ2v) is 7.83. The molecule has 0 aliphatic heterocycles. The van der Waals surface area contributed by atoms with Crippen molar-refractivity contribution in [3.05, 3.63) is 94.6 Å². The summed E-state index contributed by atoms with van der Waals surface area (Å²) >= 11 is 0. The van der Waals surface area contributed by atoms with Gasteiger partial charge in [-0.25, -0.2) is 0 Å². The van der Waals surface area contributed by atoms with E-state index in [9.17, 15) is 9.59 Å². The summed E-state index contributed by atoms with van der Waals surface area (Å²) in [6.07, 6.45) is 3.00. The van der Waals surface area contributed by atoms with Gasteiger partial charge in [-0.2, -0.15) is 0 Å². The molecule has 1 aromatic heterocycles. The Hall–Kier alpha value is -3.80. The molecule has 0 aliphatic rings. The lowest BCUT2D eigenvalue weighted by atomic mass is 10.1. The van der Waals surface area contributed by atoms with Crippen LogP contribution in [-0.4, -0.2) is 24.5 Å². The molecule has 0 saturated carbocycles. The average Bonchev–Trinajstić information content (AvgIpc) is 3.27. The molecular formula is C26H28N2O4. The second-order valence-electron chi connectivity index (χ2n) is 7.83. The van der Waals surface area contributed by atoms with Crippen LogP contribution in [0.3, 0.4) is 0 Å². The Kier molecular flexibility index (Phi) is 7.49. The molecule has 2 aromatic carbocycles. The third-order valence-corrected chi connectivity index (χ3v) is 4.99. The number of ether oxygens (including phenoxy) is 1. The normalized spacial score (nSPS) is 12.2. The summed E-state index contributed by atoms with van der Waals surface area (Å²) in [4.78, 5) is 25.6. The van der Waals surface area contributed by atoms with E-state index in [2.05, 4.69) is 10.6 Å². The topological polar surface area (TPSA) is 80.6 Å². The molecule has 0 saturated heterocycles. The quantitative estimate of drug-likeness (QED) is 0.512. The number of furan rings is 1. The van der Waals surface area contributed by atoms with Gasteiger partial charge in [0.1, 0.15) is 23.8 Å². The summed E-state index contributed by atoms with van der Waals surface area (Å²) in [6, 6.07) is 16.1. The highest BCUT2D eigenvalue weighted by molar-refractivity contribution is 6.05. The molecule has 6 heteroatoms. The van der Waals surface area contributed by atoms with E-state index in [0.29, 0.717) is 11.3 Å². The Balaban J connectivity index is 1.67. The maximum absolute atomic E-state index is 12.9. The van der Waals surface area contributed by atoms with Crippen molar-refractivity contribution in [3.63, 3.8) is 0 Å². The van der Waals surface area contributed by atoms with E-state index < -0.39 is 5.91 Å². The maximum Gasteiger partial charge on any atom is 0.268 e. The van der Waals surface area contributed by atoms with E-state index in [4.69, 9.17) is 9.15 Å². The second kappa shape index (κ2) is 10.5.